The number of hydrogen-bond acceptors (Lipinski definition) is 3. The monoisotopic (exact) mass is 280 g/mol. The van der Waals surface area contributed by atoms with Crippen LogP contribution in [0, 0.1) is 28.1 Å². The van der Waals surface area contributed by atoms with Crippen LogP contribution in [0.2, 0.25) is 0 Å². The van der Waals surface area contributed by atoms with Gasteiger partial charge in [0.2, 0.25) is 0 Å². The van der Waals surface area contributed by atoms with E-state index in [0.29, 0.717) is 16.8 Å². The van der Waals surface area contributed by atoms with Gasteiger partial charge in [-0.05, 0) is 17.7 Å². The first-order valence-corrected chi connectivity index (χ1v) is 6.59. The molecule has 5 heteroatoms. The number of nitriles is 2. The van der Waals surface area contributed by atoms with Crippen LogP contribution in [0.25, 0.3) is 0 Å². The molecular formula is C16H16N4O. The van der Waals surface area contributed by atoms with Crippen LogP contribution in [0.3, 0.4) is 0 Å². The Morgan fingerprint density at radius 1 is 1.10 bits per heavy atom. The van der Waals surface area contributed by atoms with Gasteiger partial charge in [-0.2, -0.15) is 10.5 Å². The van der Waals surface area contributed by atoms with E-state index in [9.17, 15) is 10.1 Å². The lowest BCUT2D eigenvalue weighted by molar-refractivity contribution is 0.235. The maximum atomic E-state index is 11.9. The summed E-state index contributed by atoms with van der Waals surface area (Å²) < 4.78 is 0. The molecule has 1 aromatic rings. The Bertz CT molecular complexity index is 681. The van der Waals surface area contributed by atoms with Crippen LogP contribution in [0.1, 0.15) is 37.9 Å². The van der Waals surface area contributed by atoms with Crippen LogP contribution < -0.4 is 10.6 Å². The molecule has 0 unspecified atom stereocenters. The molecule has 0 fully saturated rings. The zero-order valence-electron chi connectivity index (χ0n) is 12.2. The van der Waals surface area contributed by atoms with Crippen molar-refractivity contribution in [1.82, 2.24) is 10.6 Å². The van der Waals surface area contributed by atoms with Crippen molar-refractivity contribution in [3.63, 3.8) is 0 Å². The Morgan fingerprint density at radius 3 is 2.19 bits per heavy atom. The number of allylic oxidation sites excluding steroid dienone is 1. The number of benzene rings is 1. The van der Waals surface area contributed by atoms with Crippen molar-refractivity contribution in [2.45, 2.75) is 26.8 Å². The predicted molar refractivity (Wildman–Crippen MR) is 77.7 cm³/mol. The van der Waals surface area contributed by atoms with Crippen molar-refractivity contribution in [3.05, 3.63) is 46.7 Å². The Balaban J connectivity index is 2.53. The zero-order valence-corrected chi connectivity index (χ0v) is 12.2. The first-order chi connectivity index (χ1) is 9.86. The maximum Gasteiger partial charge on any atom is 0.319 e. The zero-order chi connectivity index (χ0) is 15.6. The van der Waals surface area contributed by atoms with Crippen molar-refractivity contribution in [1.29, 1.82) is 10.5 Å². The van der Waals surface area contributed by atoms with Gasteiger partial charge in [-0.3, -0.25) is 0 Å². The highest BCUT2D eigenvalue weighted by molar-refractivity contribution is 5.80. The molecule has 1 heterocycles. The summed E-state index contributed by atoms with van der Waals surface area (Å²) in [7, 11) is 0. The third-order valence-corrected chi connectivity index (χ3v) is 3.32. The Hall–Kier alpha value is -2.79. The third-order valence-electron chi connectivity index (χ3n) is 3.32. The van der Waals surface area contributed by atoms with Gasteiger partial charge >= 0.3 is 6.03 Å². The molecule has 2 rings (SSSR count). The summed E-state index contributed by atoms with van der Waals surface area (Å²) in [6, 6.07) is 10.3. The van der Waals surface area contributed by atoms with E-state index in [0.717, 1.165) is 5.56 Å². The van der Waals surface area contributed by atoms with Crippen LogP contribution in [-0.4, -0.2) is 6.03 Å². The third kappa shape index (κ3) is 2.88. The van der Waals surface area contributed by atoms with Crippen LogP contribution in [0.15, 0.2) is 35.5 Å². The smallest absolute Gasteiger partial charge is 0.319 e. The van der Waals surface area contributed by atoms with Gasteiger partial charge in [0.15, 0.2) is 0 Å². The number of rotatable bonds is 1. The number of urea groups is 1. The molecule has 1 aliphatic heterocycles. The molecule has 1 aromatic carbocycles. The standard InChI is InChI=1S/C16H16N4O/c1-16(2,3)14-12(9-18)13(19-15(21)20-14)11-6-4-10(8-17)5-7-11/h4-7,13H,1-3H3,(H2,19,20,21)/t13-/m1/s1. The Kier molecular flexibility index (Phi) is 3.69. The maximum absolute atomic E-state index is 11.9. The van der Waals surface area contributed by atoms with E-state index in [1.54, 1.807) is 24.3 Å². The van der Waals surface area contributed by atoms with E-state index in [4.69, 9.17) is 5.26 Å². The van der Waals surface area contributed by atoms with Gasteiger partial charge in [0.05, 0.1) is 29.3 Å². The van der Waals surface area contributed by atoms with Crippen LogP contribution >= 0.6 is 0 Å². The second-order valence-corrected chi connectivity index (χ2v) is 5.92. The topological polar surface area (TPSA) is 88.7 Å². The van der Waals surface area contributed by atoms with Gasteiger partial charge < -0.3 is 10.6 Å². The van der Waals surface area contributed by atoms with E-state index in [-0.39, 0.29) is 11.4 Å². The molecule has 1 atom stereocenters. The molecule has 21 heavy (non-hydrogen) atoms. The average Bonchev–Trinajstić information content (AvgIpc) is 2.45. The second-order valence-electron chi connectivity index (χ2n) is 5.92. The van der Waals surface area contributed by atoms with Gasteiger partial charge in [0.1, 0.15) is 0 Å². The van der Waals surface area contributed by atoms with Crippen molar-refractivity contribution in [2.24, 2.45) is 5.41 Å². The summed E-state index contributed by atoms with van der Waals surface area (Å²) in [5, 5.41) is 23.8. The molecule has 106 valence electrons. The Labute approximate surface area is 123 Å². The second kappa shape index (κ2) is 5.30. The molecule has 0 saturated carbocycles. The van der Waals surface area contributed by atoms with Crippen molar-refractivity contribution in [2.75, 3.05) is 0 Å². The van der Waals surface area contributed by atoms with Crippen LogP contribution in [0.5, 0.6) is 0 Å². The highest BCUT2D eigenvalue weighted by atomic mass is 16.2. The number of carbonyl (C=O) groups excluding carboxylic acids is 1. The summed E-state index contributed by atoms with van der Waals surface area (Å²) in [6.07, 6.45) is 0. The lowest BCUT2D eigenvalue weighted by atomic mass is 9.84. The molecule has 0 radical (unpaired) electrons. The fraction of sp³-hybridized carbons (Fsp3) is 0.312. The quantitative estimate of drug-likeness (QED) is 0.829. The molecule has 0 saturated heterocycles. The molecule has 5 nitrogen and oxygen atoms in total. The highest BCUT2D eigenvalue weighted by Gasteiger charge is 2.33. The fourth-order valence-corrected chi connectivity index (χ4v) is 2.28. The molecule has 0 bridgehead atoms. The van der Waals surface area contributed by atoms with E-state index < -0.39 is 6.04 Å². The SMILES string of the molecule is CC(C)(C)C1=C(C#N)[C@@H](c2ccc(C#N)cc2)NC(=O)N1. The molecule has 2 amide bonds. The first kappa shape index (κ1) is 14.6. The largest absolute Gasteiger partial charge is 0.326 e. The number of nitrogens with zero attached hydrogens (tertiary/aromatic N) is 2. The summed E-state index contributed by atoms with van der Waals surface area (Å²) in [5.41, 5.74) is 2.10. The summed E-state index contributed by atoms with van der Waals surface area (Å²) in [4.78, 5) is 11.9. The molecule has 0 aromatic heterocycles. The van der Waals surface area contributed by atoms with Gasteiger partial charge in [-0.15, -0.1) is 0 Å². The van der Waals surface area contributed by atoms with Gasteiger partial charge in [-0.25, -0.2) is 4.79 Å². The van der Waals surface area contributed by atoms with Crippen LogP contribution in [0.4, 0.5) is 4.79 Å². The van der Waals surface area contributed by atoms with E-state index in [1.807, 2.05) is 26.8 Å². The summed E-state index contributed by atoms with van der Waals surface area (Å²) in [6.45, 7) is 5.84. The molecule has 2 N–H and O–H groups in total. The Morgan fingerprint density at radius 2 is 1.71 bits per heavy atom. The van der Waals surface area contributed by atoms with E-state index >= 15 is 0 Å². The van der Waals surface area contributed by atoms with Crippen molar-refractivity contribution >= 4 is 6.03 Å². The van der Waals surface area contributed by atoms with Gasteiger partial charge in [0, 0.05) is 11.1 Å². The van der Waals surface area contributed by atoms with Crippen molar-refractivity contribution < 1.29 is 4.79 Å². The fourth-order valence-electron chi connectivity index (χ4n) is 2.28. The summed E-state index contributed by atoms with van der Waals surface area (Å²) >= 11 is 0. The van der Waals surface area contributed by atoms with Gasteiger partial charge in [-0.1, -0.05) is 32.9 Å². The van der Waals surface area contributed by atoms with E-state index in [1.165, 1.54) is 0 Å². The number of hydrogen-bond donors (Lipinski definition) is 2. The highest BCUT2D eigenvalue weighted by Crippen LogP contribution is 2.34. The summed E-state index contributed by atoms with van der Waals surface area (Å²) in [5.74, 6) is 0. The minimum absolute atomic E-state index is 0.326. The normalized spacial score (nSPS) is 18.3. The minimum atomic E-state index is -0.495. The first-order valence-electron chi connectivity index (χ1n) is 6.59. The lowest BCUT2D eigenvalue weighted by Crippen LogP contribution is -2.46. The van der Waals surface area contributed by atoms with Crippen molar-refractivity contribution in [3.8, 4) is 12.1 Å². The molecule has 1 aliphatic rings. The number of carbonyl (C=O) groups is 1. The number of amides is 2. The molecular weight excluding hydrogens is 264 g/mol. The lowest BCUT2D eigenvalue weighted by Gasteiger charge is -2.33. The van der Waals surface area contributed by atoms with E-state index in [2.05, 4.69) is 16.7 Å². The van der Waals surface area contributed by atoms with Gasteiger partial charge in [0.25, 0.3) is 0 Å². The number of nitrogens with one attached hydrogen (secondary N) is 2. The van der Waals surface area contributed by atoms with Crippen LogP contribution in [-0.2, 0) is 0 Å². The molecule has 0 spiro atoms. The molecule has 0 aliphatic carbocycles. The average molecular weight is 280 g/mol. The minimum Gasteiger partial charge on any atom is -0.326 e. The predicted octanol–water partition coefficient (Wildman–Crippen LogP) is 2.74.